The Morgan fingerprint density at radius 1 is 1.13 bits per heavy atom. The standard InChI is InChI=1S/C14H20N2.C10H15N3.C8H8FN/c1-12(14-9-6-10-16(14)2)15-11-13-7-4-3-5-8-13;1-2-3-8-6-9(12)10(4-5-11)13-7-8;9-8-7(6-3-4-6)2-1-5-10-8/h3-5,7-8,14-15H,1,6,9-11H2,2H3;2,6-7H,1,3-5,11-12H2;1-2,5-6H,3-4H2. The number of nitrogens with zero attached hydrogens (tertiary/aromatic N) is 3. The van der Waals surface area contributed by atoms with Crippen LogP contribution in [-0.2, 0) is 19.4 Å². The largest absolute Gasteiger partial charge is 0.397 e. The topological polar surface area (TPSA) is 93.1 Å². The molecule has 1 aliphatic carbocycles. The van der Waals surface area contributed by atoms with E-state index in [9.17, 15) is 4.39 Å². The molecule has 39 heavy (non-hydrogen) atoms. The normalized spacial score (nSPS) is 16.3. The van der Waals surface area contributed by atoms with Gasteiger partial charge in [0.05, 0.1) is 11.4 Å². The van der Waals surface area contributed by atoms with E-state index in [1.165, 1.54) is 31.1 Å². The molecule has 3 aromatic rings. The van der Waals surface area contributed by atoms with Gasteiger partial charge in [-0.05, 0) is 81.4 Å². The molecular formula is C32H43FN6. The average molecular weight is 531 g/mol. The van der Waals surface area contributed by atoms with Crippen LogP contribution in [0.15, 0.2) is 85.9 Å². The molecule has 6 nitrogen and oxygen atoms in total. The van der Waals surface area contributed by atoms with E-state index >= 15 is 0 Å². The predicted molar refractivity (Wildman–Crippen MR) is 160 cm³/mol. The summed E-state index contributed by atoms with van der Waals surface area (Å²) >= 11 is 0. The maximum Gasteiger partial charge on any atom is 0.216 e. The van der Waals surface area contributed by atoms with Gasteiger partial charge in [-0.3, -0.25) is 9.88 Å². The Bertz CT molecular complexity index is 1180. The van der Waals surface area contributed by atoms with Gasteiger partial charge in [0.2, 0.25) is 5.95 Å². The Hall–Kier alpha value is -3.55. The van der Waals surface area contributed by atoms with Crippen molar-refractivity contribution < 1.29 is 4.39 Å². The van der Waals surface area contributed by atoms with Gasteiger partial charge in [0.15, 0.2) is 0 Å². The highest BCUT2D eigenvalue weighted by molar-refractivity contribution is 5.45. The van der Waals surface area contributed by atoms with Crippen molar-refractivity contribution >= 4 is 5.69 Å². The van der Waals surface area contributed by atoms with Crippen LogP contribution in [0.2, 0.25) is 0 Å². The third-order valence-electron chi connectivity index (χ3n) is 6.91. The SMILES string of the molecule is C=C(NCc1ccccc1)C1CCCN1C.C=CCc1cnc(CCN)c(N)c1.Fc1ncccc1C1CC1. The number of aromatic nitrogens is 2. The lowest BCUT2D eigenvalue weighted by Crippen LogP contribution is -2.32. The summed E-state index contributed by atoms with van der Waals surface area (Å²) in [7, 11) is 2.17. The molecule has 0 bridgehead atoms. The van der Waals surface area contributed by atoms with Gasteiger partial charge in [-0.1, -0.05) is 49.1 Å². The Labute approximate surface area is 233 Å². The van der Waals surface area contributed by atoms with Gasteiger partial charge >= 0.3 is 0 Å². The van der Waals surface area contributed by atoms with Crippen LogP contribution in [0.1, 0.15) is 54.0 Å². The van der Waals surface area contributed by atoms with E-state index in [1.54, 1.807) is 6.07 Å². The second-order valence-electron chi connectivity index (χ2n) is 10.1. The van der Waals surface area contributed by atoms with Crippen molar-refractivity contribution in [2.24, 2.45) is 5.73 Å². The van der Waals surface area contributed by atoms with Crippen LogP contribution in [0.5, 0.6) is 0 Å². The zero-order valence-electron chi connectivity index (χ0n) is 23.2. The van der Waals surface area contributed by atoms with Gasteiger partial charge < -0.3 is 16.8 Å². The Balaban J connectivity index is 0.000000166. The highest BCUT2D eigenvalue weighted by Crippen LogP contribution is 2.40. The minimum absolute atomic E-state index is 0.287. The van der Waals surface area contributed by atoms with Crippen LogP contribution in [0.4, 0.5) is 10.1 Å². The molecule has 1 atom stereocenters. The molecule has 5 rings (SSSR count). The molecular weight excluding hydrogens is 487 g/mol. The average Bonchev–Trinajstić information content (AvgIpc) is 3.70. The number of likely N-dealkylation sites (N-methyl/N-ethyl adjacent to an activating group) is 1. The van der Waals surface area contributed by atoms with Gasteiger partial charge in [-0.25, -0.2) is 4.98 Å². The minimum atomic E-state index is -0.287. The maximum atomic E-state index is 12.8. The molecule has 2 aliphatic rings. The number of hydrogen-bond acceptors (Lipinski definition) is 6. The number of nitrogen functional groups attached to an aromatic ring is 1. The summed E-state index contributed by atoms with van der Waals surface area (Å²) < 4.78 is 12.8. The van der Waals surface area contributed by atoms with E-state index in [-0.39, 0.29) is 5.95 Å². The summed E-state index contributed by atoms with van der Waals surface area (Å²) in [6, 6.07) is 16.5. The first kappa shape index (κ1) is 30.0. The van der Waals surface area contributed by atoms with Crippen LogP contribution in [0.3, 0.4) is 0 Å². The fourth-order valence-corrected chi connectivity index (χ4v) is 4.56. The molecule has 1 aliphatic heterocycles. The van der Waals surface area contributed by atoms with Crippen molar-refractivity contribution in [3.8, 4) is 0 Å². The molecule has 2 fully saturated rings. The lowest BCUT2D eigenvalue weighted by molar-refractivity contribution is 0.334. The Kier molecular flexibility index (Phi) is 12.1. The van der Waals surface area contributed by atoms with Crippen molar-refractivity contribution in [1.29, 1.82) is 0 Å². The van der Waals surface area contributed by atoms with E-state index in [0.717, 1.165) is 60.4 Å². The lowest BCUT2D eigenvalue weighted by Gasteiger charge is -2.22. The van der Waals surface area contributed by atoms with E-state index < -0.39 is 0 Å². The van der Waals surface area contributed by atoms with Gasteiger partial charge in [-0.15, -0.1) is 6.58 Å². The number of likely N-dealkylation sites (tertiary alicyclic amines) is 1. The molecule has 2 aromatic heterocycles. The molecule has 1 aromatic carbocycles. The van der Waals surface area contributed by atoms with Crippen LogP contribution < -0.4 is 16.8 Å². The highest BCUT2D eigenvalue weighted by Gasteiger charge is 2.26. The Morgan fingerprint density at radius 2 is 1.90 bits per heavy atom. The predicted octanol–water partition coefficient (Wildman–Crippen LogP) is 5.38. The molecule has 5 N–H and O–H groups in total. The van der Waals surface area contributed by atoms with Gasteiger partial charge in [0, 0.05) is 42.7 Å². The van der Waals surface area contributed by atoms with E-state index in [4.69, 9.17) is 11.5 Å². The van der Waals surface area contributed by atoms with Crippen LogP contribution in [-0.4, -0.2) is 41.0 Å². The monoisotopic (exact) mass is 530 g/mol. The zero-order chi connectivity index (χ0) is 28.0. The summed E-state index contributed by atoms with van der Waals surface area (Å²) in [4.78, 5) is 10.2. The van der Waals surface area contributed by atoms with Gasteiger partial charge in [0.25, 0.3) is 0 Å². The smallest absolute Gasteiger partial charge is 0.216 e. The number of halogens is 1. The number of hydrogen-bond donors (Lipinski definition) is 3. The minimum Gasteiger partial charge on any atom is -0.397 e. The molecule has 0 spiro atoms. The fourth-order valence-electron chi connectivity index (χ4n) is 4.56. The first-order valence-corrected chi connectivity index (χ1v) is 13.7. The molecule has 208 valence electrons. The maximum absolute atomic E-state index is 12.8. The number of anilines is 1. The molecule has 1 saturated heterocycles. The van der Waals surface area contributed by atoms with Crippen LogP contribution in [0, 0.1) is 5.95 Å². The quantitative estimate of drug-likeness (QED) is 0.254. The molecule has 0 radical (unpaired) electrons. The van der Waals surface area contributed by atoms with Crippen LogP contribution in [0.25, 0.3) is 0 Å². The first-order chi connectivity index (χ1) is 18.9. The van der Waals surface area contributed by atoms with E-state index in [2.05, 4.69) is 64.7 Å². The number of nitrogens with one attached hydrogen (secondary N) is 1. The molecule has 1 unspecified atom stereocenters. The van der Waals surface area contributed by atoms with Crippen molar-refractivity contribution in [2.75, 3.05) is 25.9 Å². The number of allylic oxidation sites excluding steroid dienone is 1. The Morgan fingerprint density at radius 3 is 2.49 bits per heavy atom. The van der Waals surface area contributed by atoms with Crippen molar-refractivity contribution in [3.05, 3.63) is 114 Å². The molecule has 3 heterocycles. The number of rotatable bonds is 9. The number of nitrogens with two attached hydrogens (primary N) is 2. The van der Waals surface area contributed by atoms with E-state index in [1.807, 2.05) is 30.5 Å². The second-order valence-corrected chi connectivity index (χ2v) is 10.1. The molecule has 0 amide bonds. The second kappa shape index (κ2) is 15.8. The molecule has 7 heteroatoms. The third-order valence-corrected chi connectivity index (χ3v) is 6.91. The molecule has 1 saturated carbocycles. The number of pyridine rings is 2. The van der Waals surface area contributed by atoms with Gasteiger partial charge in [-0.2, -0.15) is 4.39 Å². The first-order valence-electron chi connectivity index (χ1n) is 13.7. The van der Waals surface area contributed by atoms with Crippen molar-refractivity contribution in [3.63, 3.8) is 0 Å². The fraction of sp³-hybridized carbons (Fsp3) is 0.375. The summed E-state index contributed by atoms with van der Waals surface area (Å²) in [5.41, 5.74) is 17.2. The van der Waals surface area contributed by atoms with Crippen molar-refractivity contribution in [2.45, 2.75) is 57.0 Å². The summed E-state index contributed by atoms with van der Waals surface area (Å²) in [6.45, 7) is 10.5. The summed E-state index contributed by atoms with van der Waals surface area (Å²) in [5, 5.41) is 3.44. The van der Waals surface area contributed by atoms with Crippen LogP contribution >= 0.6 is 0 Å². The van der Waals surface area contributed by atoms with E-state index in [0.29, 0.717) is 18.5 Å². The number of benzene rings is 1. The third kappa shape index (κ3) is 9.93. The van der Waals surface area contributed by atoms with Crippen molar-refractivity contribution in [1.82, 2.24) is 20.2 Å². The lowest BCUT2D eigenvalue weighted by atomic mass is 10.1. The van der Waals surface area contributed by atoms with Gasteiger partial charge in [0.1, 0.15) is 0 Å². The summed E-state index contributed by atoms with van der Waals surface area (Å²) in [5.74, 6) is 0.179. The zero-order valence-corrected chi connectivity index (χ0v) is 23.2. The summed E-state index contributed by atoms with van der Waals surface area (Å²) in [6.07, 6.45) is 11.5. The highest BCUT2D eigenvalue weighted by atomic mass is 19.1.